The molecule has 2 aromatic carbocycles. The number of phenolic OH excluding ortho intramolecular Hbond substituents is 4. The van der Waals surface area contributed by atoms with Crippen LogP contribution >= 0.6 is 0 Å². The van der Waals surface area contributed by atoms with Crippen LogP contribution in [0.2, 0.25) is 0 Å². The van der Waals surface area contributed by atoms with Crippen molar-refractivity contribution >= 4 is 0 Å². The molecule has 3 rings (SSSR count). The third-order valence-corrected chi connectivity index (χ3v) is 3.62. The molecule has 6 N–H and O–H groups in total. The predicted molar refractivity (Wildman–Crippen MR) is 73.9 cm³/mol. The van der Waals surface area contributed by atoms with Crippen molar-refractivity contribution in [2.24, 2.45) is 0 Å². The van der Waals surface area contributed by atoms with E-state index in [-0.39, 0.29) is 22.8 Å². The van der Waals surface area contributed by atoms with Crippen molar-refractivity contribution in [2.45, 2.75) is 18.3 Å². The minimum absolute atomic E-state index is 0.0212. The van der Waals surface area contributed by atoms with Crippen molar-refractivity contribution in [3.05, 3.63) is 41.5 Å². The van der Waals surface area contributed by atoms with E-state index in [1.807, 2.05) is 0 Å². The fourth-order valence-electron chi connectivity index (χ4n) is 2.52. The molecule has 0 aliphatic carbocycles. The van der Waals surface area contributed by atoms with E-state index < -0.39 is 29.8 Å². The molecule has 0 bridgehead atoms. The number of aliphatic hydroxyl groups excluding tert-OH is 2. The van der Waals surface area contributed by atoms with Crippen LogP contribution in [-0.4, -0.2) is 36.7 Å². The molecule has 7 heteroatoms. The fraction of sp³-hybridized carbons (Fsp3) is 0.200. The number of benzene rings is 2. The van der Waals surface area contributed by atoms with Gasteiger partial charge in [0, 0.05) is 12.1 Å². The van der Waals surface area contributed by atoms with Crippen molar-refractivity contribution in [1.29, 1.82) is 0 Å². The largest absolute Gasteiger partial charge is 0.508 e. The van der Waals surface area contributed by atoms with E-state index in [0.717, 1.165) is 6.07 Å². The van der Waals surface area contributed by atoms with Gasteiger partial charge in [-0.2, -0.15) is 0 Å². The first kappa shape index (κ1) is 14.3. The van der Waals surface area contributed by atoms with Crippen LogP contribution in [-0.2, 0) is 0 Å². The standard InChI is InChI=1S/C15H14O7/c16-7-4-10(19)12-11(5-7)22-15(14(21)13(12)20)6-1-2-8(17)9(18)3-6/h1-5,13-21H. The minimum Gasteiger partial charge on any atom is -0.508 e. The van der Waals surface area contributed by atoms with Gasteiger partial charge in [-0.25, -0.2) is 0 Å². The Kier molecular flexibility index (Phi) is 3.23. The Bertz CT molecular complexity index is 728. The number of fused-ring (bicyclic) bond motifs is 1. The second-order valence-corrected chi connectivity index (χ2v) is 5.10. The summed E-state index contributed by atoms with van der Waals surface area (Å²) in [5, 5.41) is 58.5. The number of ether oxygens (including phenoxy) is 1. The van der Waals surface area contributed by atoms with Crippen molar-refractivity contribution in [1.82, 2.24) is 0 Å². The van der Waals surface area contributed by atoms with E-state index in [4.69, 9.17) is 4.74 Å². The van der Waals surface area contributed by atoms with Gasteiger partial charge in [-0.05, 0) is 17.7 Å². The van der Waals surface area contributed by atoms with Gasteiger partial charge in [0.15, 0.2) is 17.6 Å². The molecule has 0 spiro atoms. The third kappa shape index (κ3) is 2.16. The average molecular weight is 306 g/mol. The lowest BCUT2D eigenvalue weighted by atomic mass is 9.91. The fourth-order valence-corrected chi connectivity index (χ4v) is 2.52. The molecule has 1 aliphatic heterocycles. The van der Waals surface area contributed by atoms with Gasteiger partial charge in [-0.15, -0.1) is 0 Å². The maximum Gasteiger partial charge on any atom is 0.157 e. The van der Waals surface area contributed by atoms with Crippen LogP contribution in [0.1, 0.15) is 23.3 Å². The topological polar surface area (TPSA) is 131 Å². The van der Waals surface area contributed by atoms with Gasteiger partial charge < -0.3 is 35.4 Å². The second-order valence-electron chi connectivity index (χ2n) is 5.10. The molecule has 22 heavy (non-hydrogen) atoms. The van der Waals surface area contributed by atoms with Gasteiger partial charge in [0.25, 0.3) is 0 Å². The maximum atomic E-state index is 10.2. The van der Waals surface area contributed by atoms with Crippen LogP contribution in [0, 0.1) is 0 Å². The zero-order valence-corrected chi connectivity index (χ0v) is 11.2. The maximum absolute atomic E-state index is 10.2. The third-order valence-electron chi connectivity index (χ3n) is 3.62. The van der Waals surface area contributed by atoms with Crippen LogP contribution in [0.4, 0.5) is 0 Å². The van der Waals surface area contributed by atoms with E-state index in [9.17, 15) is 30.6 Å². The Morgan fingerprint density at radius 1 is 0.818 bits per heavy atom. The summed E-state index contributed by atoms with van der Waals surface area (Å²) in [7, 11) is 0. The predicted octanol–water partition coefficient (Wildman–Crippen LogP) is 1.04. The molecule has 3 atom stereocenters. The van der Waals surface area contributed by atoms with Crippen LogP contribution in [0.15, 0.2) is 30.3 Å². The Balaban J connectivity index is 2.06. The van der Waals surface area contributed by atoms with Crippen LogP contribution in [0.3, 0.4) is 0 Å². The zero-order valence-electron chi connectivity index (χ0n) is 11.2. The van der Waals surface area contributed by atoms with E-state index in [1.165, 1.54) is 24.3 Å². The molecule has 0 saturated carbocycles. The molecule has 1 aliphatic rings. The molecule has 2 aromatic rings. The number of aliphatic hydroxyl groups is 2. The Hall–Kier alpha value is -2.64. The summed E-state index contributed by atoms with van der Waals surface area (Å²) in [5.41, 5.74) is 0.292. The summed E-state index contributed by atoms with van der Waals surface area (Å²) in [4.78, 5) is 0. The first-order valence-electron chi connectivity index (χ1n) is 6.49. The first-order valence-corrected chi connectivity index (χ1v) is 6.49. The quantitative estimate of drug-likeness (QED) is 0.434. The Morgan fingerprint density at radius 3 is 2.23 bits per heavy atom. The molecular formula is C15H14O7. The van der Waals surface area contributed by atoms with Crippen molar-refractivity contribution in [2.75, 3.05) is 0 Å². The molecule has 0 fully saturated rings. The summed E-state index contributed by atoms with van der Waals surface area (Å²) in [6.45, 7) is 0. The highest BCUT2D eigenvalue weighted by Gasteiger charge is 2.39. The zero-order chi connectivity index (χ0) is 16.0. The van der Waals surface area contributed by atoms with E-state index in [1.54, 1.807) is 0 Å². The number of phenols is 4. The van der Waals surface area contributed by atoms with Crippen LogP contribution in [0.5, 0.6) is 28.7 Å². The van der Waals surface area contributed by atoms with Gasteiger partial charge in [0.1, 0.15) is 29.5 Å². The summed E-state index contributed by atoms with van der Waals surface area (Å²) in [6.07, 6.45) is -3.90. The van der Waals surface area contributed by atoms with Crippen molar-refractivity contribution in [3.63, 3.8) is 0 Å². The van der Waals surface area contributed by atoms with E-state index in [2.05, 4.69) is 0 Å². The molecule has 116 valence electrons. The molecule has 3 unspecified atom stereocenters. The lowest BCUT2D eigenvalue weighted by Crippen LogP contribution is -2.34. The van der Waals surface area contributed by atoms with Gasteiger partial charge >= 0.3 is 0 Å². The van der Waals surface area contributed by atoms with Gasteiger partial charge in [-0.1, -0.05) is 6.07 Å². The number of rotatable bonds is 1. The van der Waals surface area contributed by atoms with Crippen LogP contribution < -0.4 is 4.74 Å². The van der Waals surface area contributed by atoms with E-state index >= 15 is 0 Å². The lowest BCUT2D eigenvalue weighted by Gasteiger charge is -2.34. The molecule has 0 radical (unpaired) electrons. The van der Waals surface area contributed by atoms with Crippen molar-refractivity contribution < 1.29 is 35.4 Å². The van der Waals surface area contributed by atoms with Crippen molar-refractivity contribution in [3.8, 4) is 28.7 Å². The number of aromatic hydroxyl groups is 4. The minimum atomic E-state index is -1.44. The highest BCUT2D eigenvalue weighted by molar-refractivity contribution is 5.53. The van der Waals surface area contributed by atoms with Crippen LogP contribution in [0.25, 0.3) is 0 Å². The second kappa shape index (κ2) is 4.97. The van der Waals surface area contributed by atoms with Gasteiger partial charge in [0.2, 0.25) is 0 Å². The summed E-state index contributed by atoms with van der Waals surface area (Å²) >= 11 is 0. The smallest absolute Gasteiger partial charge is 0.157 e. The summed E-state index contributed by atoms with van der Waals surface area (Å²) < 4.78 is 5.53. The highest BCUT2D eigenvalue weighted by Crippen LogP contribution is 2.47. The number of hydrogen-bond donors (Lipinski definition) is 6. The summed E-state index contributed by atoms with van der Waals surface area (Å²) in [5.74, 6) is -1.36. The normalized spacial score (nSPS) is 23.6. The monoisotopic (exact) mass is 306 g/mol. The molecule has 0 aromatic heterocycles. The summed E-state index contributed by atoms with van der Waals surface area (Å²) in [6, 6.07) is 6.08. The SMILES string of the molecule is Oc1cc(O)c2c(c1)OC(c1ccc(O)c(O)c1)C(O)C2O. The first-order chi connectivity index (χ1) is 10.4. The highest BCUT2D eigenvalue weighted by atomic mass is 16.5. The van der Waals surface area contributed by atoms with E-state index in [0.29, 0.717) is 5.56 Å². The molecule has 0 saturated heterocycles. The van der Waals surface area contributed by atoms with Gasteiger partial charge in [-0.3, -0.25) is 0 Å². The molecule has 7 nitrogen and oxygen atoms in total. The Labute approximate surface area is 124 Å². The Morgan fingerprint density at radius 2 is 1.55 bits per heavy atom. The van der Waals surface area contributed by atoms with Gasteiger partial charge in [0.05, 0.1) is 5.56 Å². The average Bonchev–Trinajstić information content (AvgIpc) is 2.45. The number of hydrogen-bond acceptors (Lipinski definition) is 7. The lowest BCUT2D eigenvalue weighted by molar-refractivity contribution is -0.0711. The molecular weight excluding hydrogens is 292 g/mol. The molecule has 0 amide bonds. The molecule has 1 heterocycles.